The van der Waals surface area contributed by atoms with Crippen LogP contribution in [0.4, 0.5) is 14.9 Å². The standard InChI is InChI=1S/C14H18FN3O3/c15-12-9-10(3-4-11(12)13(19)20)17-14(21)16-5-8-18-6-1-2-7-18/h3-4,9H,1-2,5-8H2,(H,19,20)(H2,16,17,21). The predicted molar refractivity (Wildman–Crippen MR) is 76.1 cm³/mol. The summed E-state index contributed by atoms with van der Waals surface area (Å²) in [5, 5.41) is 13.9. The summed E-state index contributed by atoms with van der Waals surface area (Å²) in [7, 11) is 0. The lowest BCUT2D eigenvalue weighted by Gasteiger charge is -2.15. The summed E-state index contributed by atoms with van der Waals surface area (Å²) in [6.45, 7) is 3.43. The fraction of sp³-hybridized carbons (Fsp3) is 0.429. The topological polar surface area (TPSA) is 81.7 Å². The van der Waals surface area contributed by atoms with Crippen molar-refractivity contribution in [2.24, 2.45) is 0 Å². The third kappa shape index (κ3) is 4.42. The number of urea groups is 1. The Bertz CT molecular complexity index is 530. The number of hydrogen-bond donors (Lipinski definition) is 3. The first-order valence-electron chi connectivity index (χ1n) is 6.86. The van der Waals surface area contributed by atoms with Crippen molar-refractivity contribution < 1.29 is 19.1 Å². The first kappa shape index (κ1) is 15.2. The number of nitrogens with one attached hydrogen (secondary N) is 2. The van der Waals surface area contributed by atoms with Gasteiger partial charge in [0.2, 0.25) is 0 Å². The summed E-state index contributed by atoms with van der Waals surface area (Å²) in [5.41, 5.74) is -0.203. The highest BCUT2D eigenvalue weighted by Crippen LogP contribution is 2.14. The minimum Gasteiger partial charge on any atom is -0.478 e. The van der Waals surface area contributed by atoms with Gasteiger partial charge >= 0.3 is 12.0 Å². The number of likely N-dealkylation sites (tertiary alicyclic amines) is 1. The SMILES string of the molecule is O=C(NCCN1CCCC1)Nc1ccc(C(=O)O)c(F)c1. The summed E-state index contributed by atoms with van der Waals surface area (Å²) in [6.07, 6.45) is 2.39. The Morgan fingerprint density at radius 2 is 2.00 bits per heavy atom. The van der Waals surface area contributed by atoms with Crippen molar-refractivity contribution in [2.75, 3.05) is 31.5 Å². The van der Waals surface area contributed by atoms with E-state index in [1.807, 2.05) is 0 Å². The average Bonchev–Trinajstić information content (AvgIpc) is 2.91. The Morgan fingerprint density at radius 1 is 1.29 bits per heavy atom. The lowest BCUT2D eigenvalue weighted by molar-refractivity contribution is 0.0692. The van der Waals surface area contributed by atoms with Crippen molar-refractivity contribution in [3.8, 4) is 0 Å². The van der Waals surface area contributed by atoms with Gasteiger partial charge in [0.05, 0.1) is 5.56 Å². The molecule has 1 aliphatic heterocycles. The fourth-order valence-electron chi connectivity index (χ4n) is 2.28. The van der Waals surface area contributed by atoms with Crippen LogP contribution in [0.1, 0.15) is 23.2 Å². The first-order chi connectivity index (χ1) is 10.1. The second-order valence-corrected chi connectivity index (χ2v) is 4.93. The van der Waals surface area contributed by atoms with Gasteiger partial charge in [-0.05, 0) is 44.1 Å². The average molecular weight is 295 g/mol. The maximum absolute atomic E-state index is 13.4. The van der Waals surface area contributed by atoms with Gasteiger partial charge in [-0.25, -0.2) is 14.0 Å². The Balaban J connectivity index is 1.79. The summed E-state index contributed by atoms with van der Waals surface area (Å²) >= 11 is 0. The minimum absolute atomic E-state index is 0.219. The van der Waals surface area contributed by atoms with E-state index in [0.717, 1.165) is 31.8 Å². The van der Waals surface area contributed by atoms with Crippen LogP contribution in [0.5, 0.6) is 0 Å². The van der Waals surface area contributed by atoms with Gasteiger partial charge in [-0.3, -0.25) is 0 Å². The van der Waals surface area contributed by atoms with Crippen molar-refractivity contribution >= 4 is 17.7 Å². The number of nitrogens with zero attached hydrogens (tertiary/aromatic N) is 1. The van der Waals surface area contributed by atoms with Crippen LogP contribution in [0.3, 0.4) is 0 Å². The predicted octanol–water partition coefficient (Wildman–Crippen LogP) is 1.74. The van der Waals surface area contributed by atoms with E-state index in [4.69, 9.17) is 5.11 Å². The van der Waals surface area contributed by atoms with Crippen molar-refractivity contribution in [3.05, 3.63) is 29.6 Å². The lowest BCUT2D eigenvalue weighted by Crippen LogP contribution is -2.35. The van der Waals surface area contributed by atoms with Gasteiger partial charge in [0.15, 0.2) is 0 Å². The number of halogens is 1. The molecule has 1 aromatic carbocycles. The molecule has 0 spiro atoms. The van der Waals surface area contributed by atoms with Crippen LogP contribution in [-0.4, -0.2) is 48.2 Å². The zero-order chi connectivity index (χ0) is 15.2. The van der Waals surface area contributed by atoms with E-state index in [2.05, 4.69) is 15.5 Å². The van der Waals surface area contributed by atoms with Crippen LogP contribution in [0.25, 0.3) is 0 Å². The number of carboxylic acids is 1. The molecule has 0 aliphatic carbocycles. The van der Waals surface area contributed by atoms with Crippen LogP contribution < -0.4 is 10.6 Å². The molecule has 0 atom stereocenters. The van der Waals surface area contributed by atoms with Gasteiger partial charge in [0, 0.05) is 18.8 Å². The van der Waals surface area contributed by atoms with Crippen LogP contribution in [-0.2, 0) is 0 Å². The van der Waals surface area contributed by atoms with Crippen LogP contribution in [0.15, 0.2) is 18.2 Å². The maximum Gasteiger partial charge on any atom is 0.338 e. The molecule has 0 radical (unpaired) electrons. The lowest BCUT2D eigenvalue weighted by atomic mass is 10.2. The molecule has 0 unspecified atom stereocenters. The number of rotatable bonds is 5. The van der Waals surface area contributed by atoms with Gasteiger partial charge in [-0.2, -0.15) is 0 Å². The van der Waals surface area contributed by atoms with Crippen LogP contribution >= 0.6 is 0 Å². The summed E-state index contributed by atoms with van der Waals surface area (Å²) in [4.78, 5) is 24.6. The van der Waals surface area contributed by atoms with E-state index in [9.17, 15) is 14.0 Å². The van der Waals surface area contributed by atoms with E-state index < -0.39 is 23.4 Å². The van der Waals surface area contributed by atoms with Gasteiger partial charge in [-0.1, -0.05) is 0 Å². The third-order valence-corrected chi connectivity index (χ3v) is 3.37. The summed E-state index contributed by atoms with van der Waals surface area (Å²) < 4.78 is 13.4. The van der Waals surface area contributed by atoms with E-state index in [1.54, 1.807) is 0 Å². The van der Waals surface area contributed by atoms with Crippen molar-refractivity contribution in [2.45, 2.75) is 12.8 Å². The number of hydrogen-bond acceptors (Lipinski definition) is 3. The Kier molecular flexibility index (Phi) is 5.10. The molecule has 1 saturated heterocycles. The van der Waals surface area contributed by atoms with Crippen molar-refractivity contribution in [1.29, 1.82) is 0 Å². The molecule has 0 aromatic heterocycles. The monoisotopic (exact) mass is 295 g/mol. The second kappa shape index (κ2) is 7.03. The normalized spacial score (nSPS) is 14.9. The van der Waals surface area contributed by atoms with Crippen LogP contribution in [0, 0.1) is 5.82 Å². The molecule has 114 valence electrons. The summed E-state index contributed by atoms with van der Waals surface area (Å²) in [6, 6.07) is 3.03. The molecule has 21 heavy (non-hydrogen) atoms. The molecule has 1 aromatic rings. The van der Waals surface area contributed by atoms with Gasteiger partial charge in [0.1, 0.15) is 5.82 Å². The zero-order valence-corrected chi connectivity index (χ0v) is 11.6. The number of carbonyl (C=O) groups is 2. The van der Waals surface area contributed by atoms with Gasteiger partial charge in [0.25, 0.3) is 0 Å². The largest absolute Gasteiger partial charge is 0.478 e. The smallest absolute Gasteiger partial charge is 0.338 e. The first-order valence-corrected chi connectivity index (χ1v) is 6.86. The second-order valence-electron chi connectivity index (χ2n) is 4.93. The number of carbonyl (C=O) groups excluding carboxylic acids is 1. The van der Waals surface area contributed by atoms with E-state index in [1.165, 1.54) is 18.9 Å². The van der Waals surface area contributed by atoms with E-state index in [-0.39, 0.29) is 5.69 Å². The Hall–Kier alpha value is -2.15. The third-order valence-electron chi connectivity index (χ3n) is 3.37. The quantitative estimate of drug-likeness (QED) is 0.773. The molecule has 3 N–H and O–H groups in total. The number of anilines is 1. The highest BCUT2D eigenvalue weighted by atomic mass is 19.1. The molecule has 1 fully saturated rings. The van der Waals surface area contributed by atoms with Gasteiger partial charge < -0.3 is 20.6 Å². The molecular formula is C14H18FN3O3. The Labute approximate surface area is 121 Å². The highest BCUT2D eigenvalue weighted by molar-refractivity contribution is 5.91. The fourth-order valence-corrected chi connectivity index (χ4v) is 2.28. The number of amides is 2. The van der Waals surface area contributed by atoms with Crippen LogP contribution in [0.2, 0.25) is 0 Å². The van der Waals surface area contributed by atoms with E-state index in [0.29, 0.717) is 6.54 Å². The zero-order valence-electron chi connectivity index (χ0n) is 11.6. The maximum atomic E-state index is 13.4. The molecule has 1 heterocycles. The Morgan fingerprint density at radius 3 is 2.62 bits per heavy atom. The van der Waals surface area contributed by atoms with E-state index >= 15 is 0 Å². The number of aromatic carboxylic acids is 1. The number of carboxylic acid groups (broad SMARTS) is 1. The molecular weight excluding hydrogens is 277 g/mol. The molecule has 0 bridgehead atoms. The molecule has 2 amide bonds. The summed E-state index contributed by atoms with van der Waals surface area (Å²) in [5.74, 6) is -2.22. The highest BCUT2D eigenvalue weighted by Gasteiger charge is 2.13. The molecule has 7 heteroatoms. The molecule has 6 nitrogen and oxygen atoms in total. The minimum atomic E-state index is -1.34. The molecule has 1 aliphatic rings. The molecule has 2 rings (SSSR count). The van der Waals surface area contributed by atoms with Gasteiger partial charge in [-0.15, -0.1) is 0 Å². The van der Waals surface area contributed by atoms with Crippen molar-refractivity contribution in [3.63, 3.8) is 0 Å². The number of benzene rings is 1. The van der Waals surface area contributed by atoms with Crippen molar-refractivity contribution in [1.82, 2.24) is 10.2 Å². The molecule has 0 saturated carbocycles.